The van der Waals surface area contributed by atoms with Crippen LogP contribution in [0, 0.1) is 6.92 Å². The number of carbonyl (C=O) groups is 1. The predicted octanol–water partition coefficient (Wildman–Crippen LogP) is 7.53. The van der Waals surface area contributed by atoms with Gasteiger partial charge in [-0.05, 0) is 47.5 Å². The van der Waals surface area contributed by atoms with Crippen molar-refractivity contribution < 1.29 is 13.6 Å². The number of fused-ring (bicyclic) bond motifs is 4. The summed E-state index contributed by atoms with van der Waals surface area (Å²) in [4.78, 5) is 13.5. The molecule has 0 N–H and O–H groups in total. The first-order valence-electron chi connectivity index (χ1n) is 10.8. The van der Waals surface area contributed by atoms with Crippen LogP contribution in [-0.2, 0) is 6.54 Å². The zero-order valence-electron chi connectivity index (χ0n) is 18.0. The van der Waals surface area contributed by atoms with Gasteiger partial charge in [0.1, 0.15) is 0 Å². The van der Waals surface area contributed by atoms with Crippen molar-refractivity contribution >= 4 is 38.4 Å². The fourth-order valence-electron chi connectivity index (χ4n) is 4.51. The maximum Gasteiger partial charge on any atom is 0.265 e. The van der Waals surface area contributed by atoms with Crippen LogP contribution in [0.2, 0.25) is 0 Å². The van der Waals surface area contributed by atoms with Gasteiger partial charge in [-0.3, -0.25) is 4.79 Å². The lowest BCUT2D eigenvalue weighted by Gasteiger charge is -2.16. The molecule has 0 atom stereocenters. The van der Waals surface area contributed by atoms with Crippen molar-refractivity contribution in [1.82, 2.24) is 4.57 Å². The molecule has 5 aromatic rings. The van der Waals surface area contributed by atoms with E-state index in [1.807, 2.05) is 73.7 Å². The number of hydrogen-bond acceptors (Lipinski definition) is 1. The Bertz CT molecular complexity index is 1500. The Hall–Kier alpha value is -3.53. The summed E-state index contributed by atoms with van der Waals surface area (Å²) in [6.07, 6.45) is -0.224. The van der Waals surface area contributed by atoms with Crippen LogP contribution in [0.3, 0.4) is 0 Å². The van der Waals surface area contributed by atoms with E-state index in [1.54, 1.807) is 16.7 Å². The van der Waals surface area contributed by atoms with Crippen molar-refractivity contribution in [2.45, 2.75) is 32.7 Å². The molecule has 0 amide bonds. The van der Waals surface area contributed by atoms with Crippen LogP contribution >= 0.6 is 0 Å². The molecule has 1 heterocycles. The Balaban J connectivity index is 1.69. The van der Waals surface area contributed by atoms with Gasteiger partial charge in [-0.1, -0.05) is 61.5 Å². The summed E-state index contributed by atoms with van der Waals surface area (Å²) in [5, 5.41) is 3.66. The third-order valence-corrected chi connectivity index (χ3v) is 6.33. The van der Waals surface area contributed by atoms with Crippen LogP contribution in [-0.4, -0.2) is 16.3 Å². The highest BCUT2D eigenvalue weighted by Gasteiger charge is 2.28. The number of aromatic nitrogens is 1. The molecule has 0 saturated heterocycles. The summed E-state index contributed by atoms with van der Waals surface area (Å²) >= 11 is 0. The topological polar surface area (TPSA) is 22.0 Å². The predicted molar refractivity (Wildman–Crippen MR) is 127 cm³/mol. The van der Waals surface area contributed by atoms with Crippen LogP contribution in [0.5, 0.6) is 0 Å². The summed E-state index contributed by atoms with van der Waals surface area (Å²) in [5.41, 5.74) is 3.78. The molecule has 0 unspecified atom stereocenters. The number of benzene rings is 4. The third kappa shape index (κ3) is 3.27. The molecular weight excluding hydrogens is 404 g/mol. The van der Waals surface area contributed by atoms with Gasteiger partial charge in [0.25, 0.3) is 5.92 Å². The average Bonchev–Trinajstić information content (AvgIpc) is 3.12. The smallest absolute Gasteiger partial charge is 0.265 e. The van der Waals surface area contributed by atoms with E-state index < -0.39 is 5.92 Å². The number of hydrogen-bond donors (Lipinski definition) is 0. The Labute approximate surface area is 185 Å². The number of nitrogens with zero attached hydrogens (tertiary/aromatic N) is 1. The van der Waals surface area contributed by atoms with Crippen LogP contribution in [0.4, 0.5) is 8.78 Å². The molecule has 0 bridgehead atoms. The lowest BCUT2D eigenvalue weighted by Crippen LogP contribution is -2.22. The summed E-state index contributed by atoms with van der Waals surface area (Å²) in [7, 11) is 0. The fraction of sp³-hybridized carbons (Fsp3) is 0.179. The second-order valence-electron chi connectivity index (χ2n) is 8.35. The zero-order chi connectivity index (χ0) is 22.5. The summed E-state index contributed by atoms with van der Waals surface area (Å²) in [6.45, 7) is 3.14. The highest BCUT2D eigenvalue weighted by atomic mass is 19.3. The maximum absolute atomic E-state index is 14.3. The Morgan fingerprint density at radius 1 is 0.812 bits per heavy atom. The molecule has 4 heteroatoms. The summed E-state index contributed by atoms with van der Waals surface area (Å²) < 4.78 is 30.3. The highest BCUT2D eigenvalue weighted by molar-refractivity contribution is 6.19. The van der Waals surface area contributed by atoms with Crippen LogP contribution < -0.4 is 0 Å². The van der Waals surface area contributed by atoms with Crippen LogP contribution in [0.1, 0.15) is 34.8 Å². The molecule has 0 saturated carbocycles. The molecule has 1 aromatic heterocycles. The van der Waals surface area contributed by atoms with Crippen molar-refractivity contribution in [2.75, 3.05) is 0 Å². The lowest BCUT2D eigenvalue weighted by molar-refractivity contribution is -0.0178. The SMILES string of the molecule is CCC(F)(F)Cn1c2ccccc2c2cc(C(=O)c3ccc(C)c4ccccc34)ccc21. The molecule has 32 heavy (non-hydrogen) atoms. The van der Waals surface area contributed by atoms with E-state index in [0.717, 1.165) is 32.6 Å². The van der Waals surface area contributed by atoms with E-state index in [4.69, 9.17) is 0 Å². The second kappa shape index (κ2) is 7.56. The van der Waals surface area contributed by atoms with Crippen molar-refractivity contribution in [2.24, 2.45) is 0 Å². The molecule has 160 valence electrons. The Morgan fingerprint density at radius 2 is 1.47 bits per heavy atom. The van der Waals surface area contributed by atoms with E-state index in [2.05, 4.69) is 0 Å². The molecule has 2 nitrogen and oxygen atoms in total. The molecule has 0 radical (unpaired) electrons. The van der Waals surface area contributed by atoms with Gasteiger partial charge >= 0.3 is 0 Å². The Morgan fingerprint density at radius 3 is 2.22 bits per heavy atom. The normalized spacial score (nSPS) is 12.1. The van der Waals surface area contributed by atoms with Gasteiger partial charge in [0.05, 0.1) is 6.54 Å². The summed E-state index contributed by atoms with van der Waals surface area (Å²) in [6, 6.07) is 24.6. The van der Waals surface area contributed by atoms with Gasteiger partial charge in [-0.15, -0.1) is 0 Å². The van der Waals surface area contributed by atoms with Gasteiger partial charge in [-0.2, -0.15) is 0 Å². The fourth-order valence-corrected chi connectivity index (χ4v) is 4.51. The minimum atomic E-state index is -2.80. The molecule has 5 rings (SSSR count). The van der Waals surface area contributed by atoms with E-state index >= 15 is 0 Å². The standard InChI is InChI=1S/C28H23F2NO/c1-3-28(29,30)17-31-25-11-7-6-10-22(25)24-16-19(13-15-26(24)31)27(32)23-14-12-18(2)20-8-4-5-9-21(20)23/h4-16H,3,17H2,1-2H3. The maximum atomic E-state index is 14.3. The monoisotopic (exact) mass is 427 g/mol. The number of para-hydroxylation sites is 1. The van der Waals surface area contributed by atoms with Gasteiger partial charge < -0.3 is 4.57 Å². The molecule has 0 aliphatic rings. The molecule has 0 spiro atoms. The molecule has 4 aromatic carbocycles. The molecular formula is C28H23F2NO. The van der Waals surface area contributed by atoms with Crippen molar-refractivity contribution in [3.63, 3.8) is 0 Å². The first kappa shape index (κ1) is 20.4. The average molecular weight is 427 g/mol. The molecule has 0 fully saturated rings. The third-order valence-electron chi connectivity index (χ3n) is 6.33. The van der Waals surface area contributed by atoms with Gasteiger partial charge in [0.15, 0.2) is 5.78 Å². The Kier molecular flexibility index (Phi) is 4.81. The number of ketones is 1. The zero-order valence-corrected chi connectivity index (χ0v) is 18.0. The minimum Gasteiger partial charge on any atom is -0.334 e. The van der Waals surface area contributed by atoms with E-state index in [0.29, 0.717) is 16.6 Å². The van der Waals surface area contributed by atoms with Crippen molar-refractivity contribution in [3.05, 3.63) is 95.6 Å². The second-order valence-corrected chi connectivity index (χ2v) is 8.35. The van der Waals surface area contributed by atoms with Crippen molar-refractivity contribution in [1.29, 1.82) is 0 Å². The highest BCUT2D eigenvalue weighted by Crippen LogP contribution is 2.34. The first-order valence-corrected chi connectivity index (χ1v) is 10.8. The van der Waals surface area contributed by atoms with E-state index in [-0.39, 0.29) is 18.7 Å². The van der Waals surface area contributed by atoms with Crippen LogP contribution in [0.25, 0.3) is 32.6 Å². The van der Waals surface area contributed by atoms with Gasteiger partial charge in [0, 0.05) is 39.4 Å². The summed E-state index contributed by atoms with van der Waals surface area (Å²) in [5.74, 6) is -2.87. The van der Waals surface area contributed by atoms with Crippen molar-refractivity contribution in [3.8, 4) is 0 Å². The number of carbonyl (C=O) groups excluding carboxylic acids is 1. The minimum absolute atomic E-state index is 0.0705. The van der Waals surface area contributed by atoms with Gasteiger partial charge in [0.2, 0.25) is 0 Å². The number of alkyl halides is 2. The largest absolute Gasteiger partial charge is 0.334 e. The van der Waals surface area contributed by atoms with E-state index in [9.17, 15) is 13.6 Å². The number of rotatable bonds is 5. The lowest BCUT2D eigenvalue weighted by atomic mass is 9.94. The van der Waals surface area contributed by atoms with Crippen LogP contribution in [0.15, 0.2) is 78.9 Å². The molecule has 0 aliphatic heterocycles. The first-order chi connectivity index (χ1) is 15.4. The number of aryl methyl sites for hydroxylation is 1. The number of halogens is 2. The molecule has 0 aliphatic carbocycles. The van der Waals surface area contributed by atoms with E-state index in [1.165, 1.54) is 6.92 Å². The van der Waals surface area contributed by atoms with Gasteiger partial charge in [-0.25, -0.2) is 8.78 Å². The quantitative estimate of drug-likeness (QED) is 0.266.